The van der Waals surface area contributed by atoms with Gasteiger partial charge in [0.15, 0.2) is 5.78 Å². The van der Waals surface area contributed by atoms with Crippen LogP contribution in [0.15, 0.2) is 6.20 Å². The van der Waals surface area contributed by atoms with Crippen LogP contribution in [0.4, 0.5) is 0 Å². The molecule has 2 atom stereocenters. The summed E-state index contributed by atoms with van der Waals surface area (Å²) < 4.78 is 1.55. The zero-order valence-corrected chi connectivity index (χ0v) is 10.5. The van der Waals surface area contributed by atoms with Crippen molar-refractivity contribution in [2.24, 2.45) is 18.9 Å². The van der Waals surface area contributed by atoms with Gasteiger partial charge in [-0.2, -0.15) is 0 Å². The van der Waals surface area contributed by atoms with Crippen molar-refractivity contribution in [3.05, 3.63) is 11.9 Å². The van der Waals surface area contributed by atoms with Crippen molar-refractivity contribution in [1.29, 1.82) is 0 Å². The number of nitrogens with zero attached hydrogens (tertiary/aromatic N) is 3. The molecule has 1 saturated heterocycles. The molecule has 5 heteroatoms. The molecular weight excluding hydrogens is 216 g/mol. The van der Waals surface area contributed by atoms with E-state index in [0.29, 0.717) is 24.0 Å². The summed E-state index contributed by atoms with van der Waals surface area (Å²) >= 11 is 0. The van der Waals surface area contributed by atoms with E-state index in [1.807, 2.05) is 0 Å². The molecule has 1 aromatic heterocycles. The number of Topliss-reactive ketones (excluding diaryl/α,β-unsaturated/α-hetero) is 1. The van der Waals surface area contributed by atoms with E-state index in [1.54, 1.807) is 17.9 Å². The van der Waals surface area contributed by atoms with Crippen LogP contribution in [-0.2, 0) is 7.05 Å². The predicted octanol–water partition coefficient (Wildman–Crippen LogP) is 1.02. The van der Waals surface area contributed by atoms with Crippen LogP contribution in [0.2, 0.25) is 0 Å². The Morgan fingerprint density at radius 2 is 2.53 bits per heavy atom. The Hall–Kier alpha value is -1.23. The van der Waals surface area contributed by atoms with Crippen molar-refractivity contribution < 1.29 is 4.79 Å². The van der Waals surface area contributed by atoms with Crippen molar-refractivity contribution in [3.63, 3.8) is 0 Å². The lowest BCUT2D eigenvalue weighted by Crippen LogP contribution is -2.34. The van der Waals surface area contributed by atoms with Gasteiger partial charge in [0.05, 0.1) is 6.20 Å². The van der Waals surface area contributed by atoms with Crippen LogP contribution < -0.4 is 5.32 Å². The maximum Gasteiger partial charge on any atom is 0.182 e. The van der Waals surface area contributed by atoms with Crippen molar-refractivity contribution >= 4 is 5.78 Å². The van der Waals surface area contributed by atoms with Crippen LogP contribution in [0.5, 0.6) is 0 Å². The minimum atomic E-state index is 0.149. The topological polar surface area (TPSA) is 59.8 Å². The second kappa shape index (κ2) is 5.40. The molecule has 0 amide bonds. The Kier molecular flexibility index (Phi) is 3.89. The van der Waals surface area contributed by atoms with E-state index < -0.39 is 0 Å². The molecular formula is C12H20N4O. The Morgan fingerprint density at radius 1 is 1.71 bits per heavy atom. The van der Waals surface area contributed by atoms with Gasteiger partial charge in [0.1, 0.15) is 5.69 Å². The van der Waals surface area contributed by atoms with Gasteiger partial charge < -0.3 is 5.32 Å². The molecule has 1 aliphatic heterocycles. The van der Waals surface area contributed by atoms with E-state index in [0.717, 1.165) is 13.1 Å². The quantitative estimate of drug-likeness (QED) is 0.793. The largest absolute Gasteiger partial charge is 0.316 e. The van der Waals surface area contributed by atoms with E-state index in [2.05, 4.69) is 22.6 Å². The lowest BCUT2D eigenvalue weighted by atomic mass is 9.84. The average Bonchev–Trinajstić information content (AvgIpc) is 2.76. The summed E-state index contributed by atoms with van der Waals surface area (Å²) in [4.78, 5) is 12.1. The molecule has 5 nitrogen and oxygen atoms in total. The van der Waals surface area contributed by atoms with Gasteiger partial charge in [0, 0.05) is 13.5 Å². The smallest absolute Gasteiger partial charge is 0.182 e. The first-order chi connectivity index (χ1) is 8.18. The standard InChI is InChI=1S/C12H20N4O/c1-9(10-4-3-5-13-7-10)6-12(17)11-8-14-15-16(11)2/h8-10,13H,3-7H2,1-2H3. The number of carbonyl (C=O) groups is 1. The number of rotatable bonds is 4. The highest BCUT2D eigenvalue weighted by Gasteiger charge is 2.23. The Balaban J connectivity index is 1.92. The first kappa shape index (κ1) is 12.2. The van der Waals surface area contributed by atoms with Gasteiger partial charge >= 0.3 is 0 Å². The second-order valence-corrected chi connectivity index (χ2v) is 4.95. The number of nitrogens with one attached hydrogen (secondary N) is 1. The van der Waals surface area contributed by atoms with Crippen molar-refractivity contribution in [2.45, 2.75) is 26.2 Å². The number of piperidine rings is 1. The first-order valence-electron chi connectivity index (χ1n) is 6.27. The summed E-state index contributed by atoms with van der Waals surface area (Å²) in [6.45, 7) is 4.32. The minimum Gasteiger partial charge on any atom is -0.316 e. The number of hydrogen-bond acceptors (Lipinski definition) is 4. The number of hydrogen-bond donors (Lipinski definition) is 1. The van der Waals surface area contributed by atoms with E-state index in [9.17, 15) is 4.79 Å². The average molecular weight is 236 g/mol. The monoisotopic (exact) mass is 236 g/mol. The zero-order valence-electron chi connectivity index (χ0n) is 10.5. The Labute approximate surface area is 102 Å². The molecule has 1 aromatic rings. The third-order valence-corrected chi connectivity index (χ3v) is 3.65. The maximum atomic E-state index is 12.1. The van der Waals surface area contributed by atoms with Crippen molar-refractivity contribution in [3.8, 4) is 0 Å². The van der Waals surface area contributed by atoms with Crippen LogP contribution in [0, 0.1) is 11.8 Å². The van der Waals surface area contributed by atoms with Crippen LogP contribution >= 0.6 is 0 Å². The normalized spacial score (nSPS) is 22.4. The highest BCUT2D eigenvalue weighted by atomic mass is 16.1. The molecule has 17 heavy (non-hydrogen) atoms. The van der Waals surface area contributed by atoms with Gasteiger partial charge in [-0.25, -0.2) is 4.68 Å². The SMILES string of the molecule is CC(CC(=O)c1cnnn1C)C1CCCNC1. The molecule has 0 aromatic carbocycles. The van der Waals surface area contributed by atoms with Gasteiger partial charge in [-0.15, -0.1) is 5.10 Å². The summed E-state index contributed by atoms with van der Waals surface area (Å²) in [5.41, 5.74) is 0.612. The van der Waals surface area contributed by atoms with Gasteiger partial charge in [0.2, 0.25) is 0 Å². The minimum absolute atomic E-state index is 0.149. The van der Waals surface area contributed by atoms with E-state index in [-0.39, 0.29) is 5.78 Å². The van der Waals surface area contributed by atoms with Crippen molar-refractivity contribution in [2.75, 3.05) is 13.1 Å². The summed E-state index contributed by atoms with van der Waals surface area (Å²) in [6, 6.07) is 0. The lowest BCUT2D eigenvalue weighted by Gasteiger charge is -2.27. The highest BCUT2D eigenvalue weighted by Crippen LogP contribution is 2.23. The molecule has 0 spiro atoms. The highest BCUT2D eigenvalue weighted by molar-refractivity contribution is 5.94. The fourth-order valence-corrected chi connectivity index (χ4v) is 2.47. The molecule has 2 rings (SSSR count). The third kappa shape index (κ3) is 2.91. The molecule has 1 aliphatic rings. The van der Waals surface area contributed by atoms with Gasteiger partial charge in [-0.3, -0.25) is 4.79 Å². The van der Waals surface area contributed by atoms with E-state index >= 15 is 0 Å². The molecule has 2 unspecified atom stereocenters. The summed E-state index contributed by atoms with van der Waals surface area (Å²) in [5.74, 6) is 1.19. The molecule has 94 valence electrons. The maximum absolute atomic E-state index is 12.1. The third-order valence-electron chi connectivity index (χ3n) is 3.65. The number of aromatic nitrogens is 3. The van der Waals surface area contributed by atoms with Gasteiger partial charge in [-0.1, -0.05) is 12.1 Å². The predicted molar refractivity (Wildman–Crippen MR) is 64.7 cm³/mol. The van der Waals surface area contributed by atoms with Crippen LogP contribution in [0.1, 0.15) is 36.7 Å². The Bertz CT molecular complexity index is 382. The Morgan fingerprint density at radius 3 is 3.12 bits per heavy atom. The summed E-state index contributed by atoms with van der Waals surface area (Å²) in [6.07, 6.45) is 4.59. The fourth-order valence-electron chi connectivity index (χ4n) is 2.47. The van der Waals surface area contributed by atoms with Gasteiger partial charge in [-0.05, 0) is 37.8 Å². The first-order valence-corrected chi connectivity index (χ1v) is 6.27. The number of aryl methyl sites for hydroxylation is 1. The lowest BCUT2D eigenvalue weighted by molar-refractivity contribution is 0.0933. The number of ketones is 1. The molecule has 0 bridgehead atoms. The molecule has 0 radical (unpaired) electrons. The van der Waals surface area contributed by atoms with E-state index in [1.165, 1.54) is 12.8 Å². The number of carbonyl (C=O) groups excluding carboxylic acids is 1. The van der Waals surface area contributed by atoms with Crippen LogP contribution in [-0.4, -0.2) is 33.9 Å². The van der Waals surface area contributed by atoms with E-state index in [4.69, 9.17) is 0 Å². The molecule has 2 heterocycles. The van der Waals surface area contributed by atoms with Gasteiger partial charge in [0.25, 0.3) is 0 Å². The molecule has 0 saturated carbocycles. The fraction of sp³-hybridized carbons (Fsp3) is 0.750. The van der Waals surface area contributed by atoms with Crippen LogP contribution in [0.25, 0.3) is 0 Å². The summed E-state index contributed by atoms with van der Waals surface area (Å²) in [7, 11) is 1.76. The summed E-state index contributed by atoms with van der Waals surface area (Å²) in [5, 5.41) is 10.9. The molecule has 1 N–H and O–H groups in total. The zero-order chi connectivity index (χ0) is 12.3. The van der Waals surface area contributed by atoms with Crippen molar-refractivity contribution in [1.82, 2.24) is 20.3 Å². The molecule has 1 fully saturated rings. The van der Waals surface area contributed by atoms with Crippen LogP contribution in [0.3, 0.4) is 0 Å². The second-order valence-electron chi connectivity index (χ2n) is 4.95. The molecule has 0 aliphatic carbocycles.